The van der Waals surface area contributed by atoms with Crippen LogP contribution in [0.2, 0.25) is 0 Å². The highest BCUT2D eigenvalue weighted by Gasteiger charge is 2.27. The van der Waals surface area contributed by atoms with Crippen LogP contribution in [0.4, 0.5) is 0 Å². The minimum atomic E-state index is -3.55. The van der Waals surface area contributed by atoms with Crippen molar-refractivity contribution in [3.8, 4) is 11.8 Å². The first-order valence-electron chi connectivity index (χ1n) is 9.15. The van der Waals surface area contributed by atoms with Crippen LogP contribution < -0.4 is 14.2 Å². The second-order valence-electron chi connectivity index (χ2n) is 6.88. The Kier molecular flexibility index (Phi) is 6.28. The predicted octanol–water partition coefficient (Wildman–Crippen LogP) is 2.93. The maximum atomic E-state index is 12.6. The third-order valence-corrected chi connectivity index (χ3v) is 5.85. The van der Waals surface area contributed by atoms with Gasteiger partial charge in [-0.15, -0.1) is 0 Å². The lowest BCUT2D eigenvalue weighted by Gasteiger charge is -2.28. The zero-order valence-electron chi connectivity index (χ0n) is 15.5. The van der Waals surface area contributed by atoms with Crippen molar-refractivity contribution in [2.75, 3.05) is 0 Å². The van der Waals surface area contributed by atoms with Crippen LogP contribution in [0, 0.1) is 0 Å². The minimum Gasteiger partial charge on any atom is -0.491 e. The van der Waals surface area contributed by atoms with Crippen molar-refractivity contribution in [1.29, 1.82) is 0 Å². The summed E-state index contributed by atoms with van der Waals surface area (Å²) in [7, 11) is -3.55. The van der Waals surface area contributed by atoms with E-state index in [0.29, 0.717) is 24.6 Å². The second kappa shape index (κ2) is 8.67. The van der Waals surface area contributed by atoms with Gasteiger partial charge in [0.1, 0.15) is 11.9 Å². The van der Waals surface area contributed by atoms with Gasteiger partial charge in [-0.05, 0) is 69.9 Å². The molecule has 0 unspecified atom stereocenters. The number of aromatic nitrogens is 2. The first-order chi connectivity index (χ1) is 12.9. The molecular formula is C19H25N3O4S. The molecule has 0 spiro atoms. The summed E-state index contributed by atoms with van der Waals surface area (Å²) < 4.78 is 39.3. The van der Waals surface area contributed by atoms with Gasteiger partial charge in [0.25, 0.3) is 0 Å². The van der Waals surface area contributed by atoms with E-state index in [1.807, 2.05) is 13.8 Å². The smallest absolute Gasteiger partial charge is 0.316 e. The Morgan fingerprint density at radius 1 is 1.04 bits per heavy atom. The fourth-order valence-electron chi connectivity index (χ4n) is 3.05. The minimum absolute atomic E-state index is 0.0145. The molecular weight excluding hydrogens is 366 g/mol. The molecule has 1 fully saturated rings. The summed E-state index contributed by atoms with van der Waals surface area (Å²) in [6.07, 6.45) is 6.28. The molecule has 1 aromatic carbocycles. The monoisotopic (exact) mass is 391 g/mol. The molecule has 0 bridgehead atoms. The van der Waals surface area contributed by atoms with Crippen LogP contribution in [0.25, 0.3) is 0 Å². The van der Waals surface area contributed by atoms with E-state index in [-0.39, 0.29) is 23.1 Å². The lowest BCUT2D eigenvalue weighted by Crippen LogP contribution is -2.39. The predicted molar refractivity (Wildman–Crippen MR) is 101 cm³/mol. The van der Waals surface area contributed by atoms with Crippen LogP contribution in [-0.2, 0) is 10.0 Å². The Bertz CT molecular complexity index is 818. The highest BCUT2D eigenvalue weighted by molar-refractivity contribution is 7.89. The van der Waals surface area contributed by atoms with Crippen LogP contribution in [0.5, 0.6) is 11.8 Å². The number of hydrogen-bond acceptors (Lipinski definition) is 6. The first kappa shape index (κ1) is 19.6. The molecule has 27 heavy (non-hydrogen) atoms. The van der Waals surface area contributed by atoms with Crippen molar-refractivity contribution < 1.29 is 17.9 Å². The molecule has 146 valence electrons. The number of rotatable bonds is 7. The van der Waals surface area contributed by atoms with Gasteiger partial charge in [-0.1, -0.05) is 0 Å². The van der Waals surface area contributed by atoms with E-state index in [9.17, 15) is 8.42 Å². The Morgan fingerprint density at radius 3 is 2.26 bits per heavy atom. The van der Waals surface area contributed by atoms with Crippen molar-refractivity contribution in [3.63, 3.8) is 0 Å². The average molecular weight is 391 g/mol. The van der Waals surface area contributed by atoms with E-state index in [4.69, 9.17) is 9.47 Å². The van der Waals surface area contributed by atoms with Gasteiger partial charge in [0.15, 0.2) is 0 Å². The van der Waals surface area contributed by atoms with Crippen molar-refractivity contribution in [1.82, 2.24) is 14.7 Å². The molecule has 1 aliphatic carbocycles. The molecule has 3 rings (SSSR count). The molecule has 1 N–H and O–H groups in total. The standard InChI is InChI=1S/C19H25N3O4S/c1-14(2)25-16-8-10-18(11-9-16)27(23,24)22-15-4-6-17(7-5-15)26-19-20-12-3-13-21-19/h3,8-15,17,22H,4-7H2,1-2H3. The van der Waals surface area contributed by atoms with Gasteiger partial charge in [0, 0.05) is 18.4 Å². The number of hydrogen-bond donors (Lipinski definition) is 1. The van der Waals surface area contributed by atoms with Gasteiger partial charge in [-0.3, -0.25) is 0 Å². The van der Waals surface area contributed by atoms with Gasteiger partial charge in [0.2, 0.25) is 10.0 Å². The zero-order valence-corrected chi connectivity index (χ0v) is 16.4. The summed E-state index contributed by atoms with van der Waals surface area (Å²) in [6.45, 7) is 3.85. The highest BCUT2D eigenvalue weighted by atomic mass is 32.2. The third-order valence-electron chi connectivity index (χ3n) is 4.32. The number of nitrogens with zero attached hydrogens (tertiary/aromatic N) is 2. The normalized spacial score (nSPS) is 20.4. The Labute approximate surface area is 160 Å². The molecule has 0 aliphatic heterocycles. The van der Waals surface area contributed by atoms with Crippen LogP contribution in [0.15, 0.2) is 47.6 Å². The van der Waals surface area contributed by atoms with Crippen molar-refractivity contribution in [3.05, 3.63) is 42.7 Å². The van der Waals surface area contributed by atoms with E-state index < -0.39 is 10.0 Å². The molecule has 2 aromatic rings. The lowest BCUT2D eigenvalue weighted by molar-refractivity contribution is 0.132. The molecule has 1 heterocycles. The van der Waals surface area contributed by atoms with E-state index in [1.165, 1.54) is 0 Å². The fourth-order valence-corrected chi connectivity index (χ4v) is 4.36. The quantitative estimate of drug-likeness (QED) is 0.780. The van der Waals surface area contributed by atoms with Gasteiger partial charge in [-0.25, -0.2) is 23.1 Å². The van der Waals surface area contributed by atoms with Crippen molar-refractivity contribution >= 4 is 10.0 Å². The summed E-state index contributed by atoms with van der Waals surface area (Å²) in [4.78, 5) is 8.37. The SMILES string of the molecule is CC(C)Oc1ccc(S(=O)(=O)NC2CCC(Oc3ncccn3)CC2)cc1. The Balaban J connectivity index is 1.53. The first-order valence-corrected chi connectivity index (χ1v) is 10.6. The average Bonchev–Trinajstić information content (AvgIpc) is 2.64. The third kappa shape index (κ3) is 5.64. The Hall–Kier alpha value is -2.19. The summed E-state index contributed by atoms with van der Waals surface area (Å²) in [6, 6.07) is 8.50. The van der Waals surface area contributed by atoms with Gasteiger partial charge in [-0.2, -0.15) is 0 Å². The summed E-state index contributed by atoms with van der Waals surface area (Å²) in [5.41, 5.74) is 0. The van der Waals surface area contributed by atoms with E-state index in [1.54, 1.807) is 42.7 Å². The molecule has 7 nitrogen and oxygen atoms in total. The van der Waals surface area contributed by atoms with Crippen molar-refractivity contribution in [2.45, 2.75) is 62.7 Å². The van der Waals surface area contributed by atoms with Crippen LogP contribution >= 0.6 is 0 Å². The van der Waals surface area contributed by atoms with E-state index >= 15 is 0 Å². The summed E-state index contributed by atoms with van der Waals surface area (Å²) in [5, 5.41) is 0. The maximum Gasteiger partial charge on any atom is 0.316 e. The lowest BCUT2D eigenvalue weighted by atomic mass is 9.94. The van der Waals surface area contributed by atoms with Gasteiger partial charge in [0.05, 0.1) is 11.0 Å². The molecule has 0 amide bonds. The second-order valence-corrected chi connectivity index (χ2v) is 8.60. The summed E-state index contributed by atoms with van der Waals surface area (Å²) >= 11 is 0. The Morgan fingerprint density at radius 2 is 1.67 bits per heavy atom. The molecule has 0 atom stereocenters. The fraction of sp³-hybridized carbons (Fsp3) is 0.474. The highest BCUT2D eigenvalue weighted by Crippen LogP contribution is 2.24. The van der Waals surface area contributed by atoms with Gasteiger partial charge < -0.3 is 9.47 Å². The maximum absolute atomic E-state index is 12.6. The van der Waals surface area contributed by atoms with Crippen molar-refractivity contribution in [2.24, 2.45) is 0 Å². The number of ether oxygens (including phenoxy) is 2. The molecule has 8 heteroatoms. The van der Waals surface area contributed by atoms with E-state index in [0.717, 1.165) is 12.8 Å². The molecule has 0 radical (unpaired) electrons. The van der Waals surface area contributed by atoms with Gasteiger partial charge >= 0.3 is 6.01 Å². The van der Waals surface area contributed by atoms with Crippen LogP contribution in [0.3, 0.4) is 0 Å². The molecule has 0 saturated heterocycles. The number of nitrogens with one attached hydrogen (secondary N) is 1. The molecule has 1 aliphatic rings. The van der Waals surface area contributed by atoms with Crippen LogP contribution in [-0.4, -0.2) is 36.6 Å². The van der Waals surface area contributed by atoms with E-state index in [2.05, 4.69) is 14.7 Å². The number of benzene rings is 1. The largest absolute Gasteiger partial charge is 0.491 e. The molecule has 1 saturated carbocycles. The summed E-state index contributed by atoms with van der Waals surface area (Å²) in [5.74, 6) is 0.657. The molecule has 1 aromatic heterocycles. The topological polar surface area (TPSA) is 90.4 Å². The number of sulfonamides is 1. The zero-order chi connectivity index (χ0) is 19.3. The van der Waals surface area contributed by atoms with Crippen LogP contribution in [0.1, 0.15) is 39.5 Å².